The summed E-state index contributed by atoms with van der Waals surface area (Å²) in [6.07, 6.45) is 16.5. The largest absolute Gasteiger partial charge is 1.00 e. The van der Waals surface area contributed by atoms with E-state index >= 15 is 0 Å². The van der Waals surface area contributed by atoms with Gasteiger partial charge in [0.15, 0.2) is 0 Å². The van der Waals surface area contributed by atoms with Gasteiger partial charge in [-0.05, 0) is 25.7 Å². The van der Waals surface area contributed by atoms with E-state index in [1.807, 2.05) is 0 Å². The maximum Gasteiger partial charge on any atom is 1.00 e. The summed E-state index contributed by atoms with van der Waals surface area (Å²) < 4.78 is 34.4. The molecule has 0 aliphatic carbocycles. The molecule has 158 valence electrons. The van der Waals surface area contributed by atoms with Gasteiger partial charge in [-0.1, -0.05) is 97.3 Å². The van der Waals surface area contributed by atoms with E-state index in [0.717, 1.165) is 70.6 Å². The fourth-order valence-electron chi connectivity index (χ4n) is 3.45. The van der Waals surface area contributed by atoms with Crippen LogP contribution in [0.4, 0.5) is 0 Å². The second-order valence-electron chi connectivity index (χ2n) is 7.81. The predicted molar refractivity (Wildman–Crippen MR) is 109 cm³/mol. The van der Waals surface area contributed by atoms with Crippen molar-refractivity contribution in [3.05, 3.63) is 0 Å². The fraction of sp³-hybridized carbons (Fsp3) is 1.00. The van der Waals surface area contributed by atoms with Crippen molar-refractivity contribution < 1.29 is 69.5 Å². The molecule has 0 aliphatic rings. The molecule has 0 aliphatic heterocycles. The Morgan fingerprint density at radius 1 is 0.667 bits per heavy atom. The zero-order valence-electron chi connectivity index (χ0n) is 18.3. The van der Waals surface area contributed by atoms with E-state index in [1.165, 1.54) is 25.7 Å². The minimum Gasteiger partial charge on any atom is -0.748 e. The van der Waals surface area contributed by atoms with Gasteiger partial charge in [-0.2, -0.15) is 0 Å². The van der Waals surface area contributed by atoms with Crippen LogP contribution in [0.1, 0.15) is 123 Å². The van der Waals surface area contributed by atoms with Gasteiger partial charge in [0, 0.05) is 5.25 Å². The summed E-state index contributed by atoms with van der Waals surface area (Å²) in [6.45, 7) is 4.32. The van der Waals surface area contributed by atoms with E-state index in [0.29, 0.717) is 12.8 Å². The second kappa shape index (κ2) is 20.8. The molecule has 0 fully saturated rings. The molecular weight excluding hydrogens is 387 g/mol. The Morgan fingerprint density at radius 3 is 1.48 bits per heavy atom. The maximum atomic E-state index is 11.5. The van der Waals surface area contributed by atoms with Crippen LogP contribution in [0.5, 0.6) is 0 Å². The van der Waals surface area contributed by atoms with E-state index in [9.17, 15) is 18.1 Å². The number of hydrogen-bond donors (Lipinski definition) is 1. The van der Waals surface area contributed by atoms with Crippen LogP contribution in [0.25, 0.3) is 0 Å². The molecule has 0 spiro atoms. The van der Waals surface area contributed by atoms with Crippen LogP contribution >= 0.6 is 0 Å². The van der Waals surface area contributed by atoms with Crippen LogP contribution in [0.15, 0.2) is 0 Å². The van der Waals surface area contributed by atoms with Crippen LogP contribution < -0.4 is 51.4 Å². The zero-order valence-corrected chi connectivity index (χ0v) is 22.2. The molecule has 0 saturated carbocycles. The van der Waals surface area contributed by atoms with E-state index in [-0.39, 0.29) is 57.5 Å². The van der Waals surface area contributed by atoms with Gasteiger partial charge in [0.2, 0.25) is 0 Å². The standard InChI is InChI=1S/C21H44O4S.K/c1-3-5-7-8-9-10-14-18-21(26(23,24)25)19-15-12-11-13-17-20(22)16-6-4-2;/h20-22H,3-19H2,1-2H3,(H,23,24,25);/q;+1/p-1. The second-order valence-corrected chi connectivity index (χ2v) is 9.46. The minimum absolute atomic E-state index is 0. The Bertz CT molecular complexity index is 401. The third kappa shape index (κ3) is 20.6. The molecule has 0 aromatic carbocycles. The van der Waals surface area contributed by atoms with Gasteiger partial charge in [0.25, 0.3) is 0 Å². The van der Waals surface area contributed by atoms with Gasteiger partial charge in [0.1, 0.15) is 0 Å². The number of rotatable bonds is 19. The number of aliphatic hydroxyl groups is 1. The SMILES string of the molecule is CCCCCCCCCC(CCCCCCC(O)CCCC)S(=O)(=O)[O-].[K+]. The molecular formula is C21H43KO4S. The van der Waals surface area contributed by atoms with Crippen molar-refractivity contribution in [2.45, 2.75) is 134 Å². The fourth-order valence-corrected chi connectivity index (χ4v) is 4.36. The normalized spacial score (nSPS) is 13.9. The van der Waals surface area contributed by atoms with Gasteiger partial charge in [-0.25, -0.2) is 8.42 Å². The molecule has 0 bridgehead atoms. The Balaban J connectivity index is 0. The molecule has 0 aromatic rings. The molecule has 1 N–H and O–H groups in total. The van der Waals surface area contributed by atoms with Crippen molar-refractivity contribution in [2.24, 2.45) is 0 Å². The summed E-state index contributed by atoms with van der Waals surface area (Å²) in [7, 11) is -4.17. The predicted octanol–water partition coefficient (Wildman–Crippen LogP) is 2.94. The minimum atomic E-state index is -4.17. The first-order valence-electron chi connectivity index (χ1n) is 11.0. The van der Waals surface area contributed by atoms with E-state index in [2.05, 4.69) is 13.8 Å². The molecule has 0 amide bonds. The van der Waals surface area contributed by atoms with Gasteiger partial charge in [-0.15, -0.1) is 0 Å². The number of unbranched alkanes of at least 4 members (excludes halogenated alkanes) is 10. The van der Waals surface area contributed by atoms with Crippen LogP contribution in [0.2, 0.25) is 0 Å². The van der Waals surface area contributed by atoms with Gasteiger partial charge >= 0.3 is 51.4 Å². The molecule has 0 aromatic heterocycles. The van der Waals surface area contributed by atoms with Gasteiger partial charge < -0.3 is 9.66 Å². The van der Waals surface area contributed by atoms with Gasteiger partial charge in [0.05, 0.1) is 16.2 Å². The van der Waals surface area contributed by atoms with Gasteiger partial charge in [-0.3, -0.25) is 0 Å². The molecule has 2 unspecified atom stereocenters. The smallest absolute Gasteiger partial charge is 0.748 e. The van der Waals surface area contributed by atoms with Crippen molar-refractivity contribution in [3.8, 4) is 0 Å². The average molecular weight is 431 g/mol. The summed E-state index contributed by atoms with van der Waals surface area (Å²) in [5.41, 5.74) is 0. The quantitative estimate of drug-likeness (QED) is 0.194. The Morgan fingerprint density at radius 2 is 1.04 bits per heavy atom. The molecule has 4 nitrogen and oxygen atoms in total. The number of aliphatic hydroxyl groups excluding tert-OH is 1. The molecule has 2 atom stereocenters. The molecule has 0 rings (SSSR count). The summed E-state index contributed by atoms with van der Waals surface area (Å²) in [5.74, 6) is 0. The number of hydrogen-bond acceptors (Lipinski definition) is 4. The van der Waals surface area contributed by atoms with Crippen molar-refractivity contribution in [2.75, 3.05) is 0 Å². The Kier molecular flexibility index (Phi) is 23.6. The topological polar surface area (TPSA) is 77.4 Å². The third-order valence-electron chi connectivity index (χ3n) is 5.24. The molecule has 6 heteroatoms. The Labute approximate surface area is 211 Å². The summed E-state index contributed by atoms with van der Waals surface area (Å²) in [6, 6.07) is 0. The Hall–Kier alpha value is 1.51. The average Bonchev–Trinajstić information content (AvgIpc) is 2.59. The first-order chi connectivity index (χ1) is 12.4. The van der Waals surface area contributed by atoms with Crippen LogP contribution in [-0.2, 0) is 10.1 Å². The van der Waals surface area contributed by atoms with Crippen molar-refractivity contribution in [3.63, 3.8) is 0 Å². The summed E-state index contributed by atoms with van der Waals surface area (Å²) in [5, 5.41) is 9.10. The third-order valence-corrected chi connectivity index (χ3v) is 6.53. The first-order valence-corrected chi connectivity index (χ1v) is 12.5. The maximum absolute atomic E-state index is 11.5. The summed E-state index contributed by atoms with van der Waals surface area (Å²) >= 11 is 0. The van der Waals surface area contributed by atoms with E-state index in [1.54, 1.807) is 0 Å². The van der Waals surface area contributed by atoms with E-state index in [4.69, 9.17) is 0 Å². The van der Waals surface area contributed by atoms with Crippen LogP contribution in [-0.4, -0.2) is 29.4 Å². The molecule has 0 heterocycles. The van der Waals surface area contributed by atoms with Crippen molar-refractivity contribution in [1.29, 1.82) is 0 Å². The molecule has 0 saturated heterocycles. The van der Waals surface area contributed by atoms with Crippen LogP contribution in [0, 0.1) is 0 Å². The zero-order chi connectivity index (χ0) is 19.7. The monoisotopic (exact) mass is 430 g/mol. The molecule has 27 heavy (non-hydrogen) atoms. The van der Waals surface area contributed by atoms with Crippen molar-refractivity contribution >= 4 is 10.1 Å². The first kappa shape index (κ1) is 30.7. The van der Waals surface area contributed by atoms with E-state index < -0.39 is 15.4 Å². The molecule has 0 radical (unpaired) electrons. The van der Waals surface area contributed by atoms with Crippen LogP contribution in [0.3, 0.4) is 0 Å². The van der Waals surface area contributed by atoms with Crippen molar-refractivity contribution in [1.82, 2.24) is 0 Å². The summed E-state index contributed by atoms with van der Waals surface area (Å²) in [4.78, 5) is 0.